The minimum absolute atomic E-state index is 0.0910. The highest BCUT2D eigenvalue weighted by Crippen LogP contribution is 2.33. The van der Waals surface area contributed by atoms with Gasteiger partial charge >= 0.3 is 12.3 Å². The van der Waals surface area contributed by atoms with E-state index in [1.807, 2.05) is 0 Å². The van der Waals surface area contributed by atoms with Crippen molar-refractivity contribution in [2.45, 2.75) is 32.4 Å². The molecular weight excluding hydrogens is 305 g/mol. The lowest BCUT2D eigenvalue weighted by Crippen LogP contribution is -2.26. The van der Waals surface area contributed by atoms with Gasteiger partial charge in [0.15, 0.2) is 5.69 Å². The van der Waals surface area contributed by atoms with Crippen LogP contribution in [0.1, 0.15) is 24.3 Å². The van der Waals surface area contributed by atoms with Gasteiger partial charge in [0.25, 0.3) is 0 Å². The highest BCUT2D eigenvalue weighted by Gasteiger charge is 2.33. The van der Waals surface area contributed by atoms with Gasteiger partial charge in [-0.15, -0.1) is 13.2 Å². The standard InChI is InChI=1S/C13H13F3N2O4/c1-12(2,21)6-18-7-4-3-5-8(22-13(14,15)16)9(7)10(17-18)11(19)20/h3-5,21H,6H2,1-2H3,(H,19,20). The Balaban J connectivity index is 2.67. The molecule has 9 heteroatoms. The van der Waals surface area contributed by atoms with Crippen LogP contribution in [0.4, 0.5) is 13.2 Å². The minimum atomic E-state index is -4.96. The lowest BCUT2D eigenvalue weighted by molar-refractivity contribution is -0.274. The number of hydrogen-bond donors (Lipinski definition) is 2. The number of fused-ring (bicyclic) bond motifs is 1. The van der Waals surface area contributed by atoms with E-state index in [2.05, 4.69) is 9.84 Å². The smallest absolute Gasteiger partial charge is 0.476 e. The van der Waals surface area contributed by atoms with Crippen molar-refractivity contribution in [3.05, 3.63) is 23.9 Å². The first kappa shape index (κ1) is 16.1. The van der Waals surface area contributed by atoms with Crippen LogP contribution in [0.2, 0.25) is 0 Å². The molecule has 0 radical (unpaired) electrons. The summed E-state index contributed by atoms with van der Waals surface area (Å²) in [6, 6.07) is 3.71. The third kappa shape index (κ3) is 3.48. The number of carboxylic acids is 1. The molecule has 0 bridgehead atoms. The van der Waals surface area contributed by atoms with E-state index in [1.54, 1.807) is 0 Å². The van der Waals surface area contributed by atoms with E-state index in [0.29, 0.717) is 0 Å². The average Bonchev–Trinajstić information content (AvgIpc) is 2.65. The van der Waals surface area contributed by atoms with Crippen LogP contribution in [0.3, 0.4) is 0 Å². The van der Waals surface area contributed by atoms with Crippen molar-refractivity contribution in [3.63, 3.8) is 0 Å². The minimum Gasteiger partial charge on any atom is -0.476 e. The molecular formula is C13H13F3N2O4. The molecule has 0 saturated carbocycles. The van der Waals surface area contributed by atoms with Gasteiger partial charge in [-0.25, -0.2) is 4.79 Å². The maximum Gasteiger partial charge on any atom is 0.573 e. The number of rotatable bonds is 4. The number of aromatic nitrogens is 2. The predicted molar refractivity (Wildman–Crippen MR) is 69.7 cm³/mol. The summed E-state index contributed by atoms with van der Waals surface area (Å²) in [4.78, 5) is 11.2. The summed E-state index contributed by atoms with van der Waals surface area (Å²) in [5, 5.41) is 22.5. The van der Waals surface area contributed by atoms with Gasteiger partial charge in [0, 0.05) is 0 Å². The molecule has 0 spiro atoms. The molecule has 0 saturated heterocycles. The van der Waals surface area contributed by atoms with Crippen molar-refractivity contribution in [2.75, 3.05) is 0 Å². The van der Waals surface area contributed by atoms with Crippen molar-refractivity contribution in [1.29, 1.82) is 0 Å². The van der Waals surface area contributed by atoms with Gasteiger partial charge in [-0.1, -0.05) is 6.07 Å². The van der Waals surface area contributed by atoms with Crippen LogP contribution in [-0.4, -0.2) is 37.9 Å². The summed E-state index contributed by atoms with van der Waals surface area (Å²) in [7, 11) is 0. The number of halogens is 3. The first-order valence-corrected chi connectivity index (χ1v) is 6.19. The normalized spacial score (nSPS) is 12.6. The number of ether oxygens (including phenoxy) is 1. The summed E-state index contributed by atoms with van der Waals surface area (Å²) in [6.45, 7) is 2.85. The second-order valence-electron chi connectivity index (χ2n) is 5.32. The number of nitrogens with zero attached hydrogens (tertiary/aromatic N) is 2. The Morgan fingerprint density at radius 2 is 2.00 bits per heavy atom. The Morgan fingerprint density at radius 3 is 2.50 bits per heavy atom. The van der Waals surface area contributed by atoms with Gasteiger partial charge < -0.3 is 14.9 Å². The Bertz CT molecular complexity index is 716. The largest absolute Gasteiger partial charge is 0.573 e. The number of aliphatic hydroxyl groups is 1. The summed E-state index contributed by atoms with van der Waals surface area (Å²) in [5.41, 5.74) is -1.67. The zero-order valence-electron chi connectivity index (χ0n) is 11.7. The topological polar surface area (TPSA) is 84.6 Å². The molecule has 0 aliphatic rings. The summed E-state index contributed by atoms with van der Waals surface area (Å²) < 4.78 is 42.3. The number of alkyl halides is 3. The molecule has 1 aromatic carbocycles. The van der Waals surface area contributed by atoms with E-state index >= 15 is 0 Å². The molecule has 6 nitrogen and oxygen atoms in total. The molecule has 0 aliphatic heterocycles. The molecule has 2 rings (SSSR count). The Kier molecular flexibility index (Phi) is 3.78. The van der Waals surface area contributed by atoms with Crippen LogP contribution in [-0.2, 0) is 6.54 Å². The second-order valence-corrected chi connectivity index (χ2v) is 5.32. The van der Waals surface area contributed by atoms with Crippen LogP contribution in [0.15, 0.2) is 18.2 Å². The SMILES string of the molecule is CC(C)(O)Cn1nc(C(=O)O)c2c(OC(F)(F)F)cccc21. The van der Waals surface area contributed by atoms with Crippen LogP contribution in [0.5, 0.6) is 5.75 Å². The van der Waals surface area contributed by atoms with Crippen LogP contribution in [0.25, 0.3) is 10.9 Å². The molecule has 2 N–H and O–H groups in total. The lowest BCUT2D eigenvalue weighted by atomic mass is 10.1. The molecule has 0 atom stereocenters. The highest BCUT2D eigenvalue weighted by atomic mass is 19.4. The van der Waals surface area contributed by atoms with Crippen LogP contribution >= 0.6 is 0 Å². The molecule has 120 valence electrons. The number of hydrogen-bond acceptors (Lipinski definition) is 4. The molecule has 0 aliphatic carbocycles. The zero-order valence-corrected chi connectivity index (χ0v) is 11.7. The van der Waals surface area contributed by atoms with Crippen LogP contribution < -0.4 is 4.74 Å². The Hall–Kier alpha value is -2.29. The summed E-state index contributed by atoms with van der Waals surface area (Å²) in [5.74, 6) is -2.14. The van der Waals surface area contributed by atoms with E-state index in [0.717, 1.165) is 10.7 Å². The van der Waals surface area contributed by atoms with Gasteiger partial charge in [-0.2, -0.15) is 5.10 Å². The van der Waals surface area contributed by atoms with E-state index < -0.39 is 29.4 Å². The first-order chi connectivity index (χ1) is 9.98. The van der Waals surface area contributed by atoms with Gasteiger partial charge in [0.1, 0.15) is 5.75 Å². The van der Waals surface area contributed by atoms with Crippen LogP contribution in [0, 0.1) is 0 Å². The van der Waals surface area contributed by atoms with Gasteiger partial charge in [-0.05, 0) is 26.0 Å². The Morgan fingerprint density at radius 1 is 1.36 bits per heavy atom. The molecule has 1 heterocycles. The molecule has 1 aromatic heterocycles. The quantitative estimate of drug-likeness (QED) is 0.904. The second kappa shape index (κ2) is 5.16. The van der Waals surface area contributed by atoms with E-state index in [-0.39, 0.29) is 17.4 Å². The fourth-order valence-electron chi connectivity index (χ4n) is 2.04. The summed E-state index contributed by atoms with van der Waals surface area (Å²) >= 11 is 0. The average molecular weight is 318 g/mol. The van der Waals surface area contributed by atoms with Gasteiger partial charge in [0.05, 0.1) is 23.0 Å². The van der Waals surface area contributed by atoms with Gasteiger partial charge in [0.2, 0.25) is 0 Å². The van der Waals surface area contributed by atoms with Crippen molar-refractivity contribution in [3.8, 4) is 5.75 Å². The maximum atomic E-state index is 12.4. The molecule has 2 aromatic rings. The van der Waals surface area contributed by atoms with E-state index in [4.69, 9.17) is 5.11 Å². The number of benzene rings is 1. The first-order valence-electron chi connectivity index (χ1n) is 6.19. The maximum absolute atomic E-state index is 12.4. The number of aromatic carboxylic acids is 1. The fraction of sp³-hybridized carbons (Fsp3) is 0.385. The third-order valence-corrected chi connectivity index (χ3v) is 2.70. The van der Waals surface area contributed by atoms with Gasteiger partial charge in [-0.3, -0.25) is 4.68 Å². The number of carbonyl (C=O) groups is 1. The van der Waals surface area contributed by atoms with Crippen molar-refractivity contribution in [2.24, 2.45) is 0 Å². The summed E-state index contributed by atoms with van der Waals surface area (Å²) in [6.07, 6.45) is -4.96. The Labute approximate surface area is 122 Å². The lowest BCUT2D eigenvalue weighted by Gasteiger charge is -2.17. The number of carboxylic acid groups (broad SMARTS) is 1. The molecule has 0 fully saturated rings. The zero-order chi connectivity index (χ0) is 16.7. The molecule has 0 unspecified atom stereocenters. The monoisotopic (exact) mass is 318 g/mol. The van der Waals surface area contributed by atoms with Crippen molar-refractivity contribution >= 4 is 16.9 Å². The predicted octanol–water partition coefficient (Wildman–Crippen LogP) is 2.40. The molecule has 22 heavy (non-hydrogen) atoms. The van der Waals surface area contributed by atoms with E-state index in [1.165, 1.54) is 26.0 Å². The van der Waals surface area contributed by atoms with E-state index in [9.17, 15) is 23.1 Å². The van der Waals surface area contributed by atoms with Crippen molar-refractivity contribution in [1.82, 2.24) is 9.78 Å². The molecule has 0 amide bonds. The highest BCUT2D eigenvalue weighted by molar-refractivity contribution is 6.04. The van der Waals surface area contributed by atoms with Crippen molar-refractivity contribution < 1.29 is 32.9 Å². The fourth-order valence-corrected chi connectivity index (χ4v) is 2.04. The third-order valence-electron chi connectivity index (χ3n) is 2.70.